The van der Waals surface area contributed by atoms with Crippen LogP contribution in [0, 0.1) is 6.92 Å². The smallest absolute Gasteiger partial charge is 0.313 e. The van der Waals surface area contributed by atoms with Gasteiger partial charge >= 0.3 is 5.24 Å². The van der Waals surface area contributed by atoms with Gasteiger partial charge in [-0.2, -0.15) is 0 Å². The number of thioether (sulfide) groups is 1. The van der Waals surface area contributed by atoms with E-state index >= 15 is 0 Å². The van der Waals surface area contributed by atoms with E-state index in [4.69, 9.17) is 4.84 Å². The molecule has 1 aliphatic heterocycles. The zero-order chi connectivity index (χ0) is 17.8. The minimum Gasteiger partial charge on any atom is -0.384 e. The highest BCUT2D eigenvalue weighted by molar-refractivity contribution is 8.15. The van der Waals surface area contributed by atoms with E-state index < -0.39 is 22.5 Å². The summed E-state index contributed by atoms with van der Waals surface area (Å²) >= 11 is 0.942. The highest BCUT2D eigenvalue weighted by Gasteiger charge is 2.41. The number of nitrogens with zero attached hydrogens (tertiary/aromatic N) is 2. The second-order valence-corrected chi connectivity index (χ2v) is 6.86. The third-order valence-corrected chi connectivity index (χ3v) is 4.78. The lowest BCUT2D eigenvalue weighted by Gasteiger charge is -2.16. The second-order valence-electron chi connectivity index (χ2n) is 5.71. The van der Waals surface area contributed by atoms with Crippen molar-refractivity contribution in [2.24, 2.45) is 0 Å². The van der Waals surface area contributed by atoms with Gasteiger partial charge in [0, 0.05) is 5.69 Å². The van der Waals surface area contributed by atoms with Crippen LogP contribution in [0.1, 0.15) is 23.1 Å². The Balaban J connectivity index is 1.59. The lowest BCUT2D eigenvalue weighted by atomic mass is 10.1. The van der Waals surface area contributed by atoms with E-state index in [9.17, 15) is 14.7 Å². The van der Waals surface area contributed by atoms with E-state index in [-0.39, 0.29) is 6.61 Å². The summed E-state index contributed by atoms with van der Waals surface area (Å²) in [5.74, 6) is -0.400. The molecule has 1 N–H and O–H groups in total. The van der Waals surface area contributed by atoms with Crippen molar-refractivity contribution in [2.75, 3.05) is 6.61 Å². The predicted molar refractivity (Wildman–Crippen MR) is 93.7 cm³/mol. The van der Waals surface area contributed by atoms with Gasteiger partial charge in [0.1, 0.15) is 12.7 Å². The first kappa shape index (κ1) is 17.6. The first-order valence-electron chi connectivity index (χ1n) is 7.87. The van der Waals surface area contributed by atoms with Crippen LogP contribution < -0.4 is 0 Å². The standard InChI is InChI=1S/C18H18N2O4S/c1-12-6-5-9-14(19-12)15(21)11-24-20-17(22)16(25-18(20)23)10-13-7-3-2-4-8-13/h2-9,15-16,21H,10-11H2,1H3. The van der Waals surface area contributed by atoms with Gasteiger partial charge in [0.2, 0.25) is 0 Å². The van der Waals surface area contributed by atoms with Gasteiger partial charge in [0.05, 0.1) is 10.9 Å². The number of hydrogen-bond donors (Lipinski definition) is 1. The van der Waals surface area contributed by atoms with Gasteiger partial charge in [-0.05, 0) is 42.8 Å². The number of aromatic nitrogens is 1. The Morgan fingerprint density at radius 1 is 1.20 bits per heavy atom. The maximum atomic E-state index is 12.4. The number of imide groups is 1. The average Bonchev–Trinajstić information content (AvgIpc) is 2.87. The monoisotopic (exact) mass is 358 g/mol. The molecule has 1 saturated heterocycles. The van der Waals surface area contributed by atoms with Gasteiger partial charge in [-0.1, -0.05) is 36.4 Å². The molecule has 0 radical (unpaired) electrons. The summed E-state index contributed by atoms with van der Waals surface area (Å²) in [6.07, 6.45) is -0.559. The first-order valence-corrected chi connectivity index (χ1v) is 8.75. The Morgan fingerprint density at radius 3 is 2.68 bits per heavy atom. The molecule has 0 bridgehead atoms. The summed E-state index contributed by atoms with van der Waals surface area (Å²) in [4.78, 5) is 33.9. The van der Waals surface area contributed by atoms with Crippen LogP contribution in [0.3, 0.4) is 0 Å². The molecule has 130 valence electrons. The van der Waals surface area contributed by atoms with Crippen LogP contribution in [0.4, 0.5) is 4.79 Å². The normalized spacial score (nSPS) is 18.6. The molecule has 1 aliphatic rings. The number of aliphatic hydroxyl groups excluding tert-OH is 1. The van der Waals surface area contributed by atoms with Crippen LogP contribution in [0.25, 0.3) is 0 Å². The SMILES string of the molecule is Cc1cccc(C(O)CON2C(=O)SC(Cc3ccccc3)C2=O)n1. The van der Waals surface area contributed by atoms with E-state index in [1.54, 1.807) is 12.1 Å². The Bertz CT molecular complexity index is 769. The Kier molecular flexibility index (Phi) is 5.47. The number of aliphatic hydroxyl groups is 1. The van der Waals surface area contributed by atoms with Crippen molar-refractivity contribution in [3.8, 4) is 0 Å². The fourth-order valence-electron chi connectivity index (χ4n) is 2.49. The van der Waals surface area contributed by atoms with Crippen molar-refractivity contribution < 1.29 is 19.5 Å². The molecule has 0 spiro atoms. The van der Waals surface area contributed by atoms with Crippen molar-refractivity contribution in [3.05, 3.63) is 65.5 Å². The maximum Gasteiger partial charge on any atom is 0.313 e. The van der Waals surface area contributed by atoms with Gasteiger partial charge in [-0.3, -0.25) is 19.4 Å². The quantitative estimate of drug-likeness (QED) is 0.855. The highest BCUT2D eigenvalue weighted by Crippen LogP contribution is 2.30. The molecule has 1 aromatic heterocycles. The van der Waals surface area contributed by atoms with Crippen LogP contribution in [0.15, 0.2) is 48.5 Å². The summed E-state index contributed by atoms with van der Waals surface area (Å²) in [5.41, 5.74) is 2.18. The number of benzene rings is 1. The van der Waals surface area contributed by atoms with Crippen molar-refractivity contribution in [2.45, 2.75) is 24.7 Å². The molecule has 1 fully saturated rings. The van der Waals surface area contributed by atoms with Crippen LogP contribution in [-0.2, 0) is 16.1 Å². The summed E-state index contributed by atoms with van der Waals surface area (Å²) in [6.45, 7) is 1.60. The van der Waals surface area contributed by atoms with E-state index in [0.29, 0.717) is 12.1 Å². The van der Waals surface area contributed by atoms with Crippen LogP contribution in [0.2, 0.25) is 0 Å². The summed E-state index contributed by atoms with van der Waals surface area (Å²) < 4.78 is 0. The summed E-state index contributed by atoms with van der Waals surface area (Å²) in [6, 6.07) is 14.8. The number of rotatable bonds is 6. The number of carbonyl (C=O) groups excluding carboxylic acids is 2. The molecule has 3 rings (SSSR count). The van der Waals surface area contributed by atoms with E-state index in [1.807, 2.05) is 43.3 Å². The van der Waals surface area contributed by atoms with Crippen LogP contribution in [0.5, 0.6) is 0 Å². The van der Waals surface area contributed by atoms with Crippen LogP contribution >= 0.6 is 11.8 Å². The topological polar surface area (TPSA) is 79.7 Å². The molecule has 7 heteroatoms. The largest absolute Gasteiger partial charge is 0.384 e. The third kappa shape index (κ3) is 4.25. The lowest BCUT2D eigenvalue weighted by molar-refractivity contribution is -0.171. The predicted octanol–water partition coefficient (Wildman–Crippen LogP) is 2.66. The minimum atomic E-state index is -1.02. The molecule has 0 aliphatic carbocycles. The molecular formula is C18H18N2O4S. The Hall–Kier alpha value is -2.22. The highest BCUT2D eigenvalue weighted by atomic mass is 32.2. The molecule has 6 nitrogen and oxygen atoms in total. The molecule has 2 amide bonds. The number of aryl methyl sites for hydroxylation is 1. The van der Waals surface area contributed by atoms with E-state index in [0.717, 1.165) is 28.1 Å². The molecule has 2 unspecified atom stereocenters. The van der Waals surface area contributed by atoms with Crippen molar-refractivity contribution >= 4 is 22.9 Å². The Labute approximate surface area is 149 Å². The maximum absolute atomic E-state index is 12.4. The zero-order valence-corrected chi connectivity index (χ0v) is 14.5. The van der Waals surface area contributed by atoms with Gasteiger partial charge < -0.3 is 5.11 Å². The number of hydrogen-bond acceptors (Lipinski definition) is 6. The van der Waals surface area contributed by atoms with Crippen LogP contribution in [-0.4, -0.2) is 38.2 Å². The van der Waals surface area contributed by atoms with Crippen molar-refractivity contribution in [3.63, 3.8) is 0 Å². The summed E-state index contributed by atoms with van der Waals surface area (Å²) in [7, 11) is 0. The molecular weight excluding hydrogens is 340 g/mol. The van der Waals surface area contributed by atoms with E-state index in [2.05, 4.69) is 4.98 Å². The molecule has 2 heterocycles. The first-order chi connectivity index (χ1) is 12.0. The molecule has 2 aromatic rings. The third-order valence-electron chi connectivity index (χ3n) is 3.76. The molecule has 25 heavy (non-hydrogen) atoms. The summed E-state index contributed by atoms with van der Waals surface area (Å²) in [5, 5.41) is 9.91. The number of amides is 2. The number of pyridine rings is 1. The lowest BCUT2D eigenvalue weighted by Crippen LogP contribution is -2.33. The van der Waals surface area contributed by atoms with Gasteiger partial charge in [-0.25, -0.2) is 0 Å². The average molecular weight is 358 g/mol. The molecule has 2 atom stereocenters. The zero-order valence-electron chi connectivity index (χ0n) is 13.7. The van der Waals surface area contributed by atoms with Crippen molar-refractivity contribution in [1.29, 1.82) is 0 Å². The second kappa shape index (κ2) is 7.77. The van der Waals surface area contributed by atoms with Crippen molar-refractivity contribution in [1.82, 2.24) is 10.0 Å². The van der Waals surface area contributed by atoms with Gasteiger partial charge in [0.15, 0.2) is 0 Å². The molecule has 1 aromatic carbocycles. The fraction of sp³-hybridized carbons (Fsp3) is 0.278. The Morgan fingerprint density at radius 2 is 1.96 bits per heavy atom. The van der Waals surface area contributed by atoms with E-state index in [1.165, 1.54) is 0 Å². The van der Waals surface area contributed by atoms with Gasteiger partial charge in [-0.15, -0.1) is 5.06 Å². The number of carbonyl (C=O) groups is 2. The minimum absolute atomic E-state index is 0.216. The number of hydroxylamine groups is 2. The van der Waals surface area contributed by atoms with Gasteiger partial charge in [0.25, 0.3) is 5.91 Å². The fourth-order valence-corrected chi connectivity index (χ4v) is 3.45. The molecule has 0 saturated carbocycles.